The zero-order valence-corrected chi connectivity index (χ0v) is 20.7. The molecule has 4 aromatic rings. The molecule has 36 heavy (non-hydrogen) atoms. The molecular formula is C28H24N6O2. The summed E-state index contributed by atoms with van der Waals surface area (Å²) >= 11 is 0. The van der Waals surface area contributed by atoms with Gasteiger partial charge < -0.3 is 9.47 Å². The summed E-state index contributed by atoms with van der Waals surface area (Å²) in [6, 6.07) is 11.8. The third-order valence-corrected chi connectivity index (χ3v) is 6.22. The van der Waals surface area contributed by atoms with Gasteiger partial charge in [0.25, 0.3) is 0 Å². The fourth-order valence-corrected chi connectivity index (χ4v) is 4.58. The zero-order chi connectivity index (χ0) is 25.0. The van der Waals surface area contributed by atoms with E-state index >= 15 is 0 Å². The van der Waals surface area contributed by atoms with Crippen molar-refractivity contribution >= 4 is 23.3 Å². The van der Waals surface area contributed by atoms with Crippen LogP contribution in [0.5, 0.6) is 23.0 Å². The van der Waals surface area contributed by atoms with Gasteiger partial charge in [0.1, 0.15) is 39.6 Å². The number of hydrogen-bond donors (Lipinski definition) is 0. The van der Waals surface area contributed by atoms with Crippen LogP contribution >= 0.6 is 0 Å². The second-order valence-corrected chi connectivity index (χ2v) is 8.90. The summed E-state index contributed by atoms with van der Waals surface area (Å²) in [4.78, 5) is 27.4. The van der Waals surface area contributed by atoms with Crippen molar-refractivity contribution in [3.8, 4) is 23.0 Å². The van der Waals surface area contributed by atoms with Crippen molar-refractivity contribution < 1.29 is 9.47 Å². The summed E-state index contributed by atoms with van der Waals surface area (Å²) in [5.74, 6) is 4.94. The molecule has 8 heteroatoms. The highest BCUT2D eigenvalue weighted by atomic mass is 16.5. The first-order valence-electron chi connectivity index (χ1n) is 11.8. The molecule has 0 fully saturated rings. The van der Waals surface area contributed by atoms with E-state index in [1.165, 1.54) is 0 Å². The van der Waals surface area contributed by atoms with Gasteiger partial charge in [0, 0.05) is 29.8 Å². The van der Waals surface area contributed by atoms with Gasteiger partial charge in [0.15, 0.2) is 23.0 Å². The number of aryl methyl sites for hydroxylation is 2. The highest BCUT2D eigenvalue weighted by Crippen LogP contribution is 2.41. The van der Waals surface area contributed by atoms with Gasteiger partial charge >= 0.3 is 0 Å². The van der Waals surface area contributed by atoms with E-state index in [0.29, 0.717) is 41.1 Å². The number of aliphatic imine (C=N–C) groups is 1. The summed E-state index contributed by atoms with van der Waals surface area (Å²) in [7, 11) is 0. The van der Waals surface area contributed by atoms with Crippen LogP contribution in [0.4, 0.5) is 17.1 Å². The number of benzene rings is 3. The van der Waals surface area contributed by atoms with E-state index in [1.54, 1.807) is 6.21 Å². The van der Waals surface area contributed by atoms with Crippen LogP contribution < -0.4 is 20.2 Å². The Labute approximate surface area is 208 Å². The normalized spacial score (nSPS) is 12.9. The Morgan fingerprint density at radius 3 is 1.94 bits per heavy atom. The molecule has 178 valence electrons. The Bertz CT molecular complexity index is 1710. The molecule has 0 N–H and O–H groups in total. The van der Waals surface area contributed by atoms with Gasteiger partial charge in [-0.2, -0.15) is 0 Å². The molecule has 8 nitrogen and oxygen atoms in total. The largest absolute Gasteiger partial charge is 0.452 e. The Morgan fingerprint density at radius 1 is 0.750 bits per heavy atom. The molecule has 0 bridgehead atoms. The number of fused-ring (bicyclic) bond motifs is 4. The zero-order valence-electron chi connectivity index (χ0n) is 20.7. The summed E-state index contributed by atoms with van der Waals surface area (Å²) in [6.07, 6.45) is 2.34. The van der Waals surface area contributed by atoms with Crippen molar-refractivity contribution in [2.75, 3.05) is 0 Å². The number of hydrogen-bond acceptors (Lipinski definition) is 8. The molecule has 0 atom stereocenters. The maximum absolute atomic E-state index is 6.44. The highest BCUT2D eigenvalue weighted by molar-refractivity contribution is 5.68. The first-order chi connectivity index (χ1) is 17.4. The molecule has 0 amide bonds. The van der Waals surface area contributed by atoms with Crippen LogP contribution in [0.1, 0.15) is 41.1 Å². The van der Waals surface area contributed by atoms with Crippen molar-refractivity contribution in [2.45, 2.75) is 41.0 Å². The van der Waals surface area contributed by atoms with E-state index in [4.69, 9.17) is 19.5 Å². The first kappa shape index (κ1) is 22.0. The van der Waals surface area contributed by atoms with Gasteiger partial charge in [0.2, 0.25) is 0 Å². The van der Waals surface area contributed by atoms with E-state index < -0.39 is 0 Å². The molecular weight excluding hydrogens is 452 g/mol. The topological polar surface area (TPSA) is 94.2 Å². The van der Waals surface area contributed by atoms with Gasteiger partial charge in [-0.15, -0.1) is 0 Å². The molecule has 0 saturated heterocycles. The molecule has 3 aromatic carbocycles. The minimum Gasteiger partial charge on any atom is -0.452 e. The second kappa shape index (κ2) is 8.34. The van der Waals surface area contributed by atoms with Gasteiger partial charge in [-0.25, -0.2) is 24.9 Å². The first-order valence-corrected chi connectivity index (χ1v) is 11.8. The highest BCUT2D eigenvalue weighted by Gasteiger charge is 2.25. The number of nitrogens with zero attached hydrogens (tertiary/aromatic N) is 6. The summed E-state index contributed by atoms with van der Waals surface area (Å²) in [6.45, 7) is 9.62. The number of rotatable bonds is 3. The van der Waals surface area contributed by atoms with E-state index in [-0.39, 0.29) is 0 Å². The SMILES string of the molecule is CC=Nc1ccc2c(c1)Oc1c(C)c3c(c(C)c1=N2)Oc1cc(Cc2nc(C)nc(C)n2)ccc1N=3. The Morgan fingerprint density at radius 2 is 1.33 bits per heavy atom. The van der Waals surface area contributed by atoms with E-state index in [1.807, 2.05) is 71.0 Å². The molecule has 0 unspecified atom stereocenters. The van der Waals surface area contributed by atoms with Crippen LogP contribution in [0.3, 0.4) is 0 Å². The minimum atomic E-state index is 0.583. The van der Waals surface area contributed by atoms with Gasteiger partial charge in [-0.3, -0.25) is 4.99 Å². The van der Waals surface area contributed by atoms with Crippen molar-refractivity contribution in [3.63, 3.8) is 0 Å². The molecule has 0 radical (unpaired) electrons. The third-order valence-electron chi connectivity index (χ3n) is 6.22. The second-order valence-electron chi connectivity index (χ2n) is 8.90. The maximum atomic E-state index is 6.44. The monoisotopic (exact) mass is 476 g/mol. The minimum absolute atomic E-state index is 0.583. The van der Waals surface area contributed by atoms with Crippen LogP contribution in [0.15, 0.2) is 51.4 Å². The van der Waals surface area contributed by atoms with Crippen LogP contribution in [0.25, 0.3) is 0 Å². The predicted molar refractivity (Wildman–Crippen MR) is 137 cm³/mol. The van der Waals surface area contributed by atoms with Gasteiger partial charge in [-0.1, -0.05) is 6.07 Å². The van der Waals surface area contributed by atoms with Crippen molar-refractivity contribution in [1.29, 1.82) is 0 Å². The standard InChI is InChI=1S/C28H24N6O2/c1-6-29-19-8-10-21-23(13-19)36-28-15(3)25-27(14(2)26(28)34-21)35-22-11-18(7-9-20(22)33-25)12-24-31-16(4)30-17(5)32-24/h6-11,13H,12H2,1-5H3. The molecule has 2 aliphatic rings. The molecule has 0 spiro atoms. The fraction of sp³-hybridized carbons (Fsp3) is 0.214. The lowest BCUT2D eigenvalue weighted by Crippen LogP contribution is -2.25. The van der Waals surface area contributed by atoms with E-state index in [0.717, 1.165) is 50.3 Å². The Balaban J connectivity index is 1.42. The van der Waals surface area contributed by atoms with Crippen molar-refractivity contribution in [2.24, 2.45) is 15.0 Å². The maximum Gasteiger partial charge on any atom is 0.158 e. The van der Waals surface area contributed by atoms with Crippen LogP contribution in [-0.4, -0.2) is 21.2 Å². The van der Waals surface area contributed by atoms with E-state index in [2.05, 4.69) is 19.9 Å². The predicted octanol–water partition coefficient (Wildman–Crippen LogP) is 5.53. The average Bonchev–Trinajstić information content (AvgIpc) is 2.85. The summed E-state index contributed by atoms with van der Waals surface area (Å²) in [5, 5.41) is 1.52. The average molecular weight is 477 g/mol. The quantitative estimate of drug-likeness (QED) is 0.313. The summed E-state index contributed by atoms with van der Waals surface area (Å²) in [5.41, 5.74) is 5.16. The Hall–Kier alpha value is -4.46. The lowest BCUT2D eigenvalue weighted by atomic mass is 10.0. The lowest BCUT2D eigenvalue weighted by Gasteiger charge is -2.22. The molecule has 3 heterocycles. The fourth-order valence-electron chi connectivity index (χ4n) is 4.58. The Kier molecular flexibility index (Phi) is 5.10. The number of aromatic nitrogens is 3. The lowest BCUT2D eigenvalue weighted by molar-refractivity contribution is 0.443. The van der Waals surface area contributed by atoms with E-state index in [9.17, 15) is 0 Å². The van der Waals surface area contributed by atoms with Crippen LogP contribution in [-0.2, 0) is 6.42 Å². The number of ether oxygens (including phenoxy) is 2. The van der Waals surface area contributed by atoms with Gasteiger partial charge in [0.05, 0.1) is 5.69 Å². The molecule has 6 rings (SSSR count). The third kappa shape index (κ3) is 3.71. The molecule has 1 aromatic heterocycles. The molecule has 2 aliphatic heterocycles. The summed E-state index contributed by atoms with van der Waals surface area (Å²) < 4.78 is 12.8. The van der Waals surface area contributed by atoms with Crippen molar-refractivity contribution in [3.05, 3.63) is 81.3 Å². The van der Waals surface area contributed by atoms with Crippen molar-refractivity contribution in [1.82, 2.24) is 15.0 Å². The van der Waals surface area contributed by atoms with Crippen LogP contribution in [0.2, 0.25) is 0 Å². The molecule has 0 saturated carbocycles. The molecule has 0 aliphatic carbocycles. The van der Waals surface area contributed by atoms with Crippen LogP contribution in [0, 0.1) is 27.7 Å². The van der Waals surface area contributed by atoms with Gasteiger partial charge in [-0.05, 0) is 64.4 Å². The smallest absolute Gasteiger partial charge is 0.158 e.